The molecular weight excluding hydrogens is 328 g/mol. The highest BCUT2D eigenvalue weighted by molar-refractivity contribution is 5.83. The molecule has 3 atom stereocenters. The van der Waals surface area contributed by atoms with Gasteiger partial charge in [-0.3, -0.25) is 4.79 Å². The maximum Gasteiger partial charge on any atom is 0.237 e. The smallest absolute Gasteiger partial charge is 0.237 e. The highest BCUT2D eigenvalue weighted by Gasteiger charge is 2.31. The fourth-order valence-electron chi connectivity index (χ4n) is 3.28. The van der Waals surface area contributed by atoms with Crippen molar-refractivity contribution in [1.29, 1.82) is 0 Å². The number of ether oxygens (including phenoxy) is 2. The SMILES string of the molecule is CC(C)C[C@H](N)C(=O)NC1CCO[C@H]1OCc1ccc2ccccc2c1. The van der Waals surface area contributed by atoms with E-state index in [1.807, 2.05) is 12.1 Å². The molecule has 26 heavy (non-hydrogen) atoms. The molecule has 140 valence electrons. The van der Waals surface area contributed by atoms with Gasteiger partial charge in [-0.25, -0.2) is 0 Å². The first kappa shape index (κ1) is 18.8. The molecule has 1 fully saturated rings. The monoisotopic (exact) mass is 356 g/mol. The maximum absolute atomic E-state index is 12.3. The highest BCUT2D eigenvalue weighted by Crippen LogP contribution is 2.20. The molecule has 1 heterocycles. The molecule has 5 heteroatoms. The van der Waals surface area contributed by atoms with E-state index in [1.165, 1.54) is 10.8 Å². The fourth-order valence-corrected chi connectivity index (χ4v) is 3.28. The van der Waals surface area contributed by atoms with Crippen molar-refractivity contribution in [1.82, 2.24) is 5.32 Å². The van der Waals surface area contributed by atoms with Crippen molar-refractivity contribution < 1.29 is 14.3 Å². The average Bonchev–Trinajstić information content (AvgIpc) is 3.06. The van der Waals surface area contributed by atoms with Crippen LogP contribution in [0.3, 0.4) is 0 Å². The van der Waals surface area contributed by atoms with Crippen LogP contribution in [-0.2, 0) is 20.9 Å². The summed E-state index contributed by atoms with van der Waals surface area (Å²) in [5.41, 5.74) is 7.05. The Balaban J connectivity index is 1.55. The zero-order valence-electron chi connectivity index (χ0n) is 15.5. The highest BCUT2D eigenvalue weighted by atomic mass is 16.7. The third-order valence-electron chi connectivity index (χ3n) is 4.66. The van der Waals surface area contributed by atoms with E-state index < -0.39 is 12.3 Å². The van der Waals surface area contributed by atoms with Gasteiger partial charge in [0.05, 0.1) is 25.3 Å². The maximum atomic E-state index is 12.3. The van der Waals surface area contributed by atoms with Crippen LogP contribution in [0.1, 0.15) is 32.3 Å². The zero-order chi connectivity index (χ0) is 18.5. The van der Waals surface area contributed by atoms with Crippen molar-refractivity contribution in [2.75, 3.05) is 6.61 Å². The fraction of sp³-hybridized carbons (Fsp3) is 0.476. The Morgan fingerprint density at radius 1 is 1.27 bits per heavy atom. The van der Waals surface area contributed by atoms with E-state index in [0.717, 1.165) is 12.0 Å². The molecule has 0 saturated carbocycles. The van der Waals surface area contributed by atoms with Crippen LogP contribution in [0.4, 0.5) is 0 Å². The molecule has 1 unspecified atom stereocenters. The summed E-state index contributed by atoms with van der Waals surface area (Å²) in [6, 6.07) is 13.9. The predicted octanol–water partition coefficient (Wildman–Crippen LogP) is 2.96. The van der Waals surface area contributed by atoms with Gasteiger partial charge in [-0.15, -0.1) is 0 Å². The standard InChI is InChI=1S/C21H28N2O3/c1-14(2)11-18(22)20(24)23-19-9-10-25-21(19)26-13-15-7-8-16-5-3-4-6-17(16)12-15/h3-8,12,14,18-19,21H,9-11,13,22H2,1-2H3,(H,23,24)/t18-,19?,21-/m0/s1. The minimum Gasteiger partial charge on any atom is -0.350 e. The molecule has 1 aliphatic heterocycles. The Kier molecular flexibility index (Phi) is 6.25. The molecule has 0 aromatic heterocycles. The van der Waals surface area contributed by atoms with Crippen LogP contribution in [0.2, 0.25) is 0 Å². The summed E-state index contributed by atoms with van der Waals surface area (Å²) < 4.78 is 11.6. The number of amides is 1. The third-order valence-corrected chi connectivity index (χ3v) is 4.66. The number of rotatable bonds is 7. The number of carbonyl (C=O) groups is 1. The first-order valence-electron chi connectivity index (χ1n) is 9.30. The summed E-state index contributed by atoms with van der Waals surface area (Å²) in [5.74, 6) is 0.254. The third kappa shape index (κ3) is 4.81. The Bertz CT molecular complexity index is 747. The van der Waals surface area contributed by atoms with E-state index in [2.05, 4.69) is 49.5 Å². The molecule has 0 radical (unpaired) electrons. The van der Waals surface area contributed by atoms with E-state index >= 15 is 0 Å². The second-order valence-electron chi connectivity index (χ2n) is 7.37. The van der Waals surface area contributed by atoms with E-state index in [9.17, 15) is 4.79 Å². The van der Waals surface area contributed by atoms with Crippen LogP contribution >= 0.6 is 0 Å². The van der Waals surface area contributed by atoms with Crippen molar-refractivity contribution in [3.8, 4) is 0 Å². The molecular formula is C21H28N2O3. The van der Waals surface area contributed by atoms with E-state index in [0.29, 0.717) is 25.6 Å². The lowest BCUT2D eigenvalue weighted by molar-refractivity contribution is -0.139. The van der Waals surface area contributed by atoms with Crippen LogP contribution in [0.25, 0.3) is 10.8 Å². The van der Waals surface area contributed by atoms with Gasteiger partial charge in [0, 0.05) is 0 Å². The molecule has 3 rings (SSSR count). The van der Waals surface area contributed by atoms with E-state index in [1.54, 1.807) is 0 Å². The summed E-state index contributed by atoms with van der Waals surface area (Å²) in [6.07, 6.45) is 0.974. The van der Waals surface area contributed by atoms with Gasteiger partial charge in [0.15, 0.2) is 6.29 Å². The van der Waals surface area contributed by atoms with Crippen LogP contribution < -0.4 is 11.1 Å². The van der Waals surface area contributed by atoms with Crippen molar-refractivity contribution in [3.05, 3.63) is 48.0 Å². The minimum absolute atomic E-state index is 0.131. The van der Waals surface area contributed by atoms with Crippen LogP contribution in [-0.4, -0.2) is 30.9 Å². The quantitative estimate of drug-likeness (QED) is 0.800. The summed E-state index contributed by atoms with van der Waals surface area (Å²) >= 11 is 0. The topological polar surface area (TPSA) is 73.6 Å². The molecule has 1 aliphatic rings. The molecule has 2 aromatic carbocycles. The summed E-state index contributed by atoms with van der Waals surface area (Å²) in [6.45, 7) is 5.13. The van der Waals surface area contributed by atoms with Gasteiger partial charge >= 0.3 is 0 Å². The summed E-state index contributed by atoms with van der Waals surface area (Å²) in [4.78, 5) is 12.3. The normalized spacial score (nSPS) is 21.2. The molecule has 5 nitrogen and oxygen atoms in total. The second-order valence-corrected chi connectivity index (χ2v) is 7.37. The lowest BCUT2D eigenvalue weighted by Crippen LogP contribution is -2.49. The predicted molar refractivity (Wildman–Crippen MR) is 102 cm³/mol. The van der Waals surface area contributed by atoms with E-state index in [-0.39, 0.29) is 11.9 Å². The number of benzene rings is 2. The van der Waals surface area contributed by atoms with Gasteiger partial charge in [0.1, 0.15) is 0 Å². The van der Waals surface area contributed by atoms with Gasteiger partial charge < -0.3 is 20.5 Å². The summed E-state index contributed by atoms with van der Waals surface area (Å²) in [5, 5.41) is 5.38. The Morgan fingerprint density at radius 3 is 2.81 bits per heavy atom. The molecule has 0 bridgehead atoms. The number of hydrogen-bond donors (Lipinski definition) is 2. The Hall–Kier alpha value is -1.95. The minimum atomic E-state index is -0.489. The molecule has 1 saturated heterocycles. The summed E-state index contributed by atoms with van der Waals surface area (Å²) in [7, 11) is 0. The second kappa shape index (κ2) is 8.62. The number of carbonyl (C=O) groups excluding carboxylic acids is 1. The Morgan fingerprint density at radius 2 is 2.04 bits per heavy atom. The molecule has 0 spiro atoms. The van der Waals surface area contributed by atoms with Crippen molar-refractivity contribution in [2.45, 2.75) is 51.7 Å². The lowest BCUT2D eigenvalue weighted by atomic mass is 10.0. The van der Waals surface area contributed by atoms with Gasteiger partial charge in [-0.1, -0.05) is 50.2 Å². The van der Waals surface area contributed by atoms with Crippen molar-refractivity contribution in [2.24, 2.45) is 11.7 Å². The number of nitrogens with two attached hydrogens (primary N) is 1. The number of hydrogen-bond acceptors (Lipinski definition) is 4. The van der Waals surface area contributed by atoms with Crippen molar-refractivity contribution >= 4 is 16.7 Å². The first-order valence-corrected chi connectivity index (χ1v) is 9.30. The zero-order valence-corrected chi connectivity index (χ0v) is 15.5. The molecule has 3 N–H and O–H groups in total. The largest absolute Gasteiger partial charge is 0.350 e. The van der Waals surface area contributed by atoms with Crippen LogP contribution in [0.15, 0.2) is 42.5 Å². The first-order chi connectivity index (χ1) is 12.5. The van der Waals surface area contributed by atoms with Crippen molar-refractivity contribution in [3.63, 3.8) is 0 Å². The molecule has 0 aliphatic carbocycles. The molecule has 2 aromatic rings. The lowest BCUT2D eigenvalue weighted by Gasteiger charge is -2.22. The number of fused-ring (bicyclic) bond motifs is 1. The Labute approximate surface area is 154 Å². The average molecular weight is 356 g/mol. The number of nitrogens with one attached hydrogen (secondary N) is 1. The molecule has 1 amide bonds. The van der Waals surface area contributed by atoms with Crippen LogP contribution in [0.5, 0.6) is 0 Å². The van der Waals surface area contributed by atoms with Gasteiger partial charge in [-0.05, 0) is 41.2 Å². The van der Waals surface area contributed by atoms with E-state index in [4.69, 9.17) is 15.2 Å². The van der Waals surface area contributed by atoms with Gasteiger partial charge in [0.25, 0.3) is 0 Å². The van der Waals surface area contributed by atoms with Gasteiger partial charge in [-0.2, -0.15) is 0 Å². The van der Waals surface area contributed by atoms with Crippen LogP contribution in [0, 0.1) is 5.92 Å². The van der Waals surface area contributed by atoms with Gasteiger partial charge in [0.2, 0.25) is 5.91 Å².